The van der Waals surface area contributed by atoms with Crippen molar-refractivity contribution in [3.05, 3.63) is 35.4 Å². The Kier molecular flexibility index (Phi) is 3.46. The molecule has 1 amide bonds. The molecule has 0 unspecified atom stereocenters. The molecule has 3 nitrogen and oxygen atoms in total. The Hall–Kier alpha value is -1.79. The number of nitrogens with zero attached hydrogens (tertiary/aromatic N) is 1. The van der Waals surface area contributed by atoms with Gasteiger partial charge in [0.05, 0.1) is 0 Å². The molecule has 1 saturated heterocycles. The highest BCUT2D eigenvalue weighted by Crippen LogP contribution is 2.13. The van der Waals surface area contributed by atoms with Crippen LogP contribution in [0.1, 0.15) is 28.8 Å². The van der Waals surface area contributed by atoms with Crippen LogP contribution >= 0.6 is 0 Å². The lowest BCUT2D eigenvalue weighted by Gasteiger charge is -2.30. The van der Waals surface area contributed by atoms with Gasteiger partial charge in [0.1, 0.15) is 0 Å². The highest BCUT2D eigenvalue weighted by atomic mass is 16.2. The summed E-state index contributed by atoms with van der Waals surface area (Å²) in [4.78, 5) is 14.0. The van der Waals surface area contributed by atoms with Gasteiger partial charge in [0.15, 0.2) is 0 Å². The molecule has 1 aliphatic heterocycles. The average Bonchev–Trinajstić information content (AvgIpc) is 2.39. The van der Waals surface area contributed by atoms with E-state index in [4.69, 9.17) is 12.2 Å². The van der Waals surface area contributed by atoms with Crippen LogP contribution in [0.25, 0.3) is 0 Å². The zero-order chi connectivity index (χ0) is 12.3. The summed E-state index contributed by atoms with van der Waals surface area (Å²) in [5.74, 6) is 2.61. The van der Waals surface area contributed by atoms with E-state index in [0.717, 1.165) is 31.5 Å². The Labute approximate surface area is 102 Å². The standard InChI is InChI=1S/C14H16N2O/c1-2-11-3-5-12(6-4-11)14(17)16-9-7-13(15)8-10-16/h1,3-6,13H,7-10,15H2. The van der Waals surface area contributed by atoms with Crippen molar-refractivity contribution in [2.75, 3.05) is 13.1 Å². The summed E-state index contributed by atoms with van der Waals surface area (Å²) < 4.78 is 0. The number of likely N-dealkylation sites (tertiary alicyclic amines) is 1. The monoisotopic (exact) mass is 228 g/mol. The van der Waals surface area contributed by atoms with Crippen molar-refractivity contribution < 1.29 is 4.79 Å². The summed E-state index contributed by atoms with van der Waals surface area (Å²) in [6.45, 7) is 1.49. The van der Waals surface area contributed by atoms with Gasteiger partial charge in [-0.3, -0.25) is 4.79 Å². The lowest BCUT2D eigenvalue weighted by molar-refractivity contribution is 0.0715. The minimum atomic E-state index is 0.0699. The molecule has 0 aromatic heterocycles. The van der Waals surface area contributed by atoms with Crippen LogP contribution in [0.3, 0.4) is 0 Å². The van der Waals surface area contributed by atoms with Crippen LogP contribution in [0.5, 0.6) is 0 Å². The zero-order valence-corrected chi connectivity index (χ0v) is 9.73. The number of terminal acetylenes is 1. The van der Waals surface area contributed by atoms with Crippen molar-refractivity contribution in [2.45, 2.75) is 18.9 Å². The van der Waals surface area contributed by atoms with Gasteiger partial charge in [-0.25, -0.2) is 0 Å². The van der Waals surface area contributed by atoms with Gasteiger partial charge in [0.2, 0.25) is 0 Å². The molecule has 0 atom stereocenters. The maximum absolute atomic E-state index is 12.1. The number of hydrogen-bond donors (Lipinski definition) is 1. The van der Waals surface area contributed by atoms with Gasteiger partial charge in [-0.15, -0.1) is 6.42 Å². The van der Waals surface area contributed by atoms with E-state index in [0.29, 0.717) is 5.56 Å². The van der Waals surface area contributed by atoms with Crippen molar-refractivity contribution in [3.63, 3.8) is 0 Å². The second-order valence-corrected chi connectivity index (χ2v) is 4.35. The molecule has 3 heteroatoms. The summed E-state index contributed by atoms with van der Waals surface area (Å²) >= 11 is 0. The molecular formula is C14H16N2O. The van der Waals surface area contributed by atoms with E-state index in [1.165, 1.54) is 0 Å². The molecule has 0 aliphatic carbocycles. The number of nitrogens with two attached hydrogens (primary N) is 1. The molecule has 0 spiro atoms. The molecular weight excluding hydrogens is 212 g/mol. The van der Waals surface area contributed by atoms with Crippen molar-refractivity contribution in [2.24, 2.45) is 5.73 Å². The fourth-order valence-corrected chi connectivity index (χ4v) is 1.99. The van der Waals surface area contributed by atoms with Gasteiger partial charge >= 0.3 is 0 Å². The molecule has 17 heavy (non-hydrogen) atoms. The van der Waals surface area contributed by atoms with Gasteiger partial charge < -0.3 is 10.6 Å². The summed E-state index contributed by atoms with van der Waals surface area (Å²) in [6.07, 6.45) is 7.04. The summed E-state index contributed by atoms with van der Waals surface area (Å²) in [6, 6.07) is 7.40. The number of carbonyl (C=O) groups excluding carboxylic acids is 1. The largest absolute Gasteiger partial charge is 0.339 e. The quantitative estimate of drug-likeness (QED) is 0.735. The third-order valence-corrected chi connectivity index (χ3v) is 3.13. The number of hydrogen-bond acceptors (Lipinski definition) is 2. The maximum Gasteiger partial charge on any atom is 0.253 e. The summed E-state index contributed by atoms with van der Waals surface area (Å²) in [7, 11) is 0. The predicted octanol–water partition coefficient (Wildman–Crippen LogP) is 1.23. The fraction of sp³-hybridized carbons (Fsp3) is 0.357. The third-order valence-electron chi connectivity index (χ3n) is 3.13. The van der Waals surface area contributed by atoms with Gasteiger partial charge in [0.25, 0.3) is 5.91 Å². The Morgan fingerprint density at radius 2 is 1.88 bits per heavy atom. The summed E-state index contributed by atoms with van der Waals surface area (Å²) in [5.41, 5.74) is 7.30. The van der Waals surface area contributed by atoms with Crippen molar-refractivity contribution in [1.82, 2.24) is 4.90 Å². The maximum atomic E-state index is 12.1. The van der Waals surface area contributed by atoms with Crippen LogP contribution in [0, 0.1) is 12.3 Å². The Bertz CT molecular complexity index is 436. The first-order valence-electron chi connectivity index (χ1n) is 5.82. The smallest absolute Gasteiger partial charge is 0.253 e. The van der Waals surface area contributed by atoms with E-state index in [2.05, 4.69) is 5.92 Å². The number of benzene rings is 1. The second kappa shape index (κ2) is 5.03. The Morgan fingerprint density at radius 3 is 2.41 bits per heavy atom. The van der Waals surface area contributed by atoms with Gasteiger partial charge in [0, 0.05) is 30.3 Å². The van der Waals surface area contributed by atoms with E-state index in [-0.39, 0.29) is 11.9 Å². The van der Waals surface area contributed by atoms with E-state index in [1.807, 2.05) is 4.90 Å². The third kappa shape index (κ3) is 2.66. The topological polar surface area (TPSA) is 46.3 Å². The molecule has 2 rings (SSSR count). The highest BCUT2D eigenvalue weighted by molar-refractivity contribution is 5.94. The lowest BCUT2D eigenvalue weighted by atomic mass is 10.0. The molecule has 88 valence electrons. The van der Waals surface area contributed by atoms with Crippen molar-refractivity contribution in [3.8, 4) is 12.3 Å². The van der Waals surface area contributed by atoms with Crippen LogP contribution in [0.2, 0.25) is 0 Å². The number of rotatable bonds is 1. The molecule has 0 bridgehead atoms. The first-order valence-corrected chi connectivity index (χ1v) is 5.82. The van der Waals surface area contributed by atoms with E-state index in [9.17, 15) is 4.79 Å². The molecule has 1 fully saturated rings. The molecule has 0 saturated carbocycles. The highest BCUT2D eigenvalue weighted by Gasteiger charge is 2.21. The summed E-state index contributed by atoms with van der Waals surface area (Å²) in [5, 5.41) is 0. The van der Waals surface area contributed by atoms with Crippen molar-refractivity contribution in [1.29, 1.82) is 0 Å². The van der Waals surface area contributed by atoms with Crippen LogP contribution in [-0.2, 0) is 0 Å². The fourth-order valence-electron chi connectivity index (χ4n) is 1.99. The molecule has 2 N–H and O–H groups in total. The minimum absolute atomic E-state index is 0.0699. The molecule has 0 radical (unpaired) electrons. The SMILES string of the molecule is C#Cc1ccc(C(=O)N2CCC(N)CC2)cc1. The Morgan fingerprint density at radius 1 is 1.29 bits per heavy atom. The van der Waals surface area contributed by atoms with Crippen LogP contribution < -0.4 is 5.73 Å². The lowest BCUT2D eigenvalue weighted by Crippen LogP contribution is -2.42. The first-order chi connectivity index (χ1) is 8.20. The van der Waals surface area contributed by atoms with Crippen LogP contribution in [0.4, 0.5) is 0 Å². The number of carbonyl (C=O) groups is 1. The van der Waals surface area contributed by atoms with Crippen LogP contribution in [-0.4, -0.2) is 29.9 Å². The van der Waals surface area contributed by atoms with Crippen molar-refractivity contribution >= 4 is 5.91 Å². The van der Waals surface area contributed by atoms with E-state index < -0.39 is 0 Å². The molecule has 1 aromatic rings. The average molecular weight is 228 g/mol. The predicted molar refractivity (Wildman–Crippen MR) is 67.5 cm³/mol. The Balaban J connectivity index is 2.06. The molecule has 1 aliphatic rings. The number of piperidine rings is 1. The zero-order valence-electron chi connectivity index (χ0n) is 9.73. The second-order valence-electron chi connectivity index (χ2n) is 4.35. The first kappa shape index (κ1) is 11.7. The van der Waals surface area contributed by atoms with Gasteiger partial charge in [-0.1, -0.05) is 5.92 Å². The van der Waals surface area contributed by atoms with E-state index in [1.54, 1.807) is 24.3 Å². The minimum Gasteiger partial charge on any atom is -0.339 e. The number of amides is 1. The normalized spacial score (nSPS) is 16.6. The molecule has 1 aromatic carbocycles. The molecule has 1 heterocycles. The van der Waals surface area contributed by atoms with Gasteiger partial charge in [-0.05, 0) is 37.1 Å². The van der Waals surface area contributed by atoms with Gasteiger partial charge in [-0.2, -0.15) is 0 Å². The van der Waals surface area contributed by atoms with E-state index >= 15 is 0 Å². The van der Waals surface area contributed by atoms with Crippen LogP contribution in [0.15, 0.2) is 24.3 Å².